The number of fused-ring (bicyclic) bond motifs is 1. The molecule has 104 valence electrons. The highest BCUT2D eigenvalue weighted by Crippen LogP contribution is 2.32. The fraction of sp³-hybridized carbons (Fsp3) is 0.600. The molecule has 0 saturated carbocycles. The third kappa shape index (κ3) is 3.30. The summed E-state index contributed by atoms with van der Waals surface area (Å²) in [5.74, 6) is 1.88. The zero-order chi connectivity index (χ0) is 13.1. The van der Waals surface area contributed by atoms with Gasteiger partial charge in [0.1, 0.15) is 5.75 Å². The number of rotatable bonds is 4. The number of hydrogen-bond donors (Lipinski definition) is 2. The molecule has 0 bridgehead atoms. The molecule has 1 fully saturated rings. The molecule has 19 heavy (non-hydrogen) atoms. The molecule has 4 heteroatoms. The molecule has 2 aliphatic heterocycles. The van der Waals surface area contributed by atoms with Gasteiger partial charge >= 0.3 is 0 Å². The zero-order valence-corrected chi connectivity index (χ0v) is 12.8. The lowest BCUT2D eigenvalue weighted by Gasteiger charge is -2.23. The second kappa shape index (κ2) is 6.25. The van der Waals surface area contributed by atoms with Crippen LogP contribution in [0.3, 0.4) is 0 Å². The molecule has 3 rings (SSSR count). The first-order chi connectivity index (χ1) is 9.33. The highest BCUT2D eigenvalue weighted by Gasteiger charge is 2.18. The summed E-state index contributed by atoms with van der Waals surface area (Å²) in [4.78, 5) is 0. The summed E-state index contributed by atoms with van der Waals surface area (Å²) >= 11 is 3.59. The molecule has 1 aromatic carbocycles. The first-order valence-electron chi connectivity index (χ1n) is 7.18. The highest BCUT2D eigenvalue weighted by molar-refractivity contribution is 9.10. The lowest BCUT2D eigenvalue weighted by Crippen LogP contribution is -2.35. The first-order valence-corrected chi connectivity index (χ1v) is 7.98. The van der Waals surface area contributed by atoms with Crippen LogP contribution in [0.25, 0.3) is 0 Å². The van der Waals surface area contributed by atoms with Crippen molar-refractivity contribution in [1.82, 2.24) is 10.6 Å². The van der Waals surface area contributed by atoms with Crippen LogP contribution in [0.4, 0.5) is 0 Å². The molecule has 2 aliphatic rings. The second-order valence-electron chi connectivity index (χ2n) is 5.49. The molecule has 1 unspecified atom stereocenters. The van der Waals surface area contributed by atoms with Gasteiger partial charge in [-0.1, -0.05) is 15.9 Å². The summed E-state index contributed by atoms with van der Waals surface area (Å²) in [5, 5.41) is 7.05. The van der Waals surface area contributed by atoms with Gasteiger partial charge in [0.2, 0.25) is 0 Å². The quantitative estimate of drug-likeness (QED) is 0.892. The average Bonchev–Trinajstić information content (AvgIpc) is 2.88. The number of ether oxygens (including phenoxy) is 1. The van der Waals surface area contributed by atoms with E-state index >= 15 is 0 Å². The van der Waals surface area contributed by atoms with E-state index in [4.69, 9.17) is 4.74 Å². The van der Waals surface area contributed by atoms with Crippen LogP contribution in [0, 0.1) is 5.92 Å². The Kier molecular flexibility index (Phi) is 4.41. The maximum absolute atomic E-state index is 5.75. The van der Waals surface area contributed by atoms with E-state index in [9.17, 15) is 0 Å². The standard InChI is InChI=1S/C15H21BrN2O/c16-14-6-12-3-5-19-15(12)13(7-14)10-18-9-11-2-1-4-17-8-11/h6-7,11,17-18H,1-5,8-10H2. The maximum atomic E-state index is 5.75. The highest BCUT2D eigenvalue weighted by atomic mass is 79.9. The summed E-state index contributed by atoms with van der Waals surface area (Å²) in [6.45, 7) is 5.15. The van der Waals surface area contributed by atoms with Crippen molar-refractivity contribution in [3.63, 3.8) is 0 Å². The van der Waals surface area contributed by atoms with Crippen LogP contribution < -0.4 is 15.4 Å². The van der Waals surface area contributed by atoms with Crippen LogP contribution in [0.15, 0.2) is 16.6 Å². The van der Waals surface area contributed by atoms with Gasteiger partial charge in [0.15, 0.2) is 0 Å². The van der Waals surface area contributed by atoms with Crippen molar-refractivity contribution in [2.75, 3.05) is 26.2 Å². The van der Waals surface area contributed by atoms with Gasteiger partial charge in [-0.2, -0.15) is 0 Å². The van der Waals surface area contributed by atoms with Crippen molar-refractivity contribution in [1.29, 1.82) is 0 Å². The molecular weight excluding hydrogens is 304 g/mol. The van der Waals surface area contributed by atoms with Gasteiger partial charge in [-0.15, -0.1) is 0 Å². The van der Waals surface area contributed by atoms with E-state index in [0.717, 1.165) is 48.8 Å². The minimum atomic E-state index is 0.773. The van der Waals surface area contributed by atoms with E-state index < -0.39 is 0 Å². The van der Waals surface area contributed by atoms with Crippen molar-refractivity contribution in [3.8, 4) is 5.75 Å². The van der Waals surface area contributed by atoms with Crippen molar-refractivity contribution in [3.05, 3.63) is 27.7 Å². The normalized spacial score (nSPS) is 22.1. The number of benzene rings is 1. The first kappa shape index (κ1) is 13.4. The van der Waals surface area contributed by atoms with Gasteiger partial charge in [0.25, 0.3) is 0 Å². The van der Waals surface area contributed by atoms with Crippen LogP contribution in [-0.2, 0) is 13.0 Å². The molecule has 2 N–H and O–H groups in total. The lowest BCUT2D eigenvalue weighted by molar-refractivity contribution is 0.345. The van der Waals surface area contributed by atoms with Crippen LogP contribution >= 0.6 is 15.9 Å². The van der Waals surface area contributed by atoms with Crippen molar-refractivity contribution >= 4 is 15.9 Å². The molecule has 1 saturated heterocycles. The van der Waals surface area contributed by atoms with Crippen molar-refractivity contribution in [2.24, 2.45) is 5.92 Å². The van der Waals surface area contributed by atoms with Gasteiger partial charge in [0.05, 0.1) is 6.61 Å². The molecule has 1 atom stereocenters. The van der Waals surface area contributed by atoms with E-state index in [-0.39, 0.29) is 0 Å². The molecule has 0 aliphatic carbocycles. The largest absolute Gasteiger partial charge is 0.493 e. The van der Waals surface area contributed by atoms with Gasteiger partial charge < -0.3 is 15.4 Å². The Hall–Kier alpha value is -0.580. The molecule has 0 aromatic heterocycles. The molecule has 0 spiro atoms. The van der Waals surface area contributed by atoms with Crippen LogP contribution in [0.5, 0.6) is 5.75 Å². The van der Waals surface area contributed by atoms with E-state index in [1.54, 1.807) is 0 Å². The van der Waals surface area contributed by atoms with Gasteiger partial charge in [0, 0.05) is 23.0 Å². The summed E-state index contributed by atoms with van der Waals surface area (Å²) in [5.41, 5.74) is 2.62. The monoisotopic (exact) mass is 324 g/mol. The van der Waals surface area contributed by atoms with Crippen LogP contribution in [-0.4, -0.2) is 26.2 Å². The summed E-state index contributed by atoms with van der Waals surface area (Å²) in [6, 6.07) is 4.35. The minimum absolute atomic E-state index is 0.773. The van der Waals surface area contributed by atoms with Crippen LogP contribution in [0.1, 0.15) is 24.0 Å². The van der Waals surface area contributed by atoms with E-state index in [1.165, 1.54) is 30.5 Å². The Bertz CT molecular complexity index is 444. The lowest BCUT2D eigenvalue weighted by atomic mass is 9.99. The molecular formula is C15H21BrN2O. The molecule has 3 nitrogen and oxygen atoms in total. The summed E-state index contributed by atoms with van der Waals surface area (Å²) in [7, 11) is 0. The number of nitrogens with one attached hydrogen (secondary N) is 2. The van der Waals surface area contributed by atoms with Crippen molar-refractivity contribution < 1.29 is 4.74 Å². The topological polar surface area (TPSA) is 33.3 Å². The predicted molar refractivity (Wildman–Crippen MR) is 80.6 cm³/mol. The average molecular weight is 325 g/mol. The van der Waals surface area contributed by atoms with Gasteiger partial charge in [-0.3, -0.25) is 0 Å². The smallest absolute Gasteiger partial charge is 0.127 e. The third-order valence-corrected chi connectivity index (χ3v) is 4.43. The number of hydrogen-bond acceptors (Lipinski definition) is 3. The predicted octanol–water partition coefficient (Wildman–Crippen LogP) is 2.47. The molecule has 0 amide bonds. The molecule has 1 aromatic rings. The van der Waals surface area contributed by atoms with E-state index in [1.807, 2.05) is 0 Å². The van der Waals surface area contributed by atoms with Crippen LogP contribution in [0.2, 0.25) is 0 Å². The Balaban J connectivity index is 1.57. The second-order valence-corrected chi connectivity index (χ2v) is 6.41. The third-order valence-electron chi connectivity index (χ3n) is 3.97. The fourth-order valence-corrected chi connectivity index (χ4v) is 3.54. The number of piperidine rings is 1. The Morgan fingerprint density at radius 3 is 3.21 bits per heavy atom. The Morgan fingerprint density at radius 1 is 1.42 bits per heavy atom. The van der Waals surface area contributed by atoms with Crippen molar-refractivity contribution in [2.45, 2.75) is 25.8 Å². The van der Waals surface area contributed by atoms with Gasteiger partial charge in [-0.05, 0) is 56.1 Å². The van der Waals surface area contributed by atoms with E-state index in [2.05, 4.69) is 38.7 Å². The minimum Gasteiger partial charge on any atom is -0.493 e. The zero-order valence-electron chi connectivity index (χ0n) is 11.2. The molecule has 0 radical (unpaired) electrons. The SMILES string of the molecule is Brc1cc2c(c(CNCC3CCCNC3)c1)OCC2. The van der Waals surface area contributed by atoms with Gasteiger partial charge in [-0.25, -0.2) is 0 Å². The molecule has 2 heterocycles. The summed E-state index contributed by atoms with van der Waals surface area (Å²) in [6.07, 6.45) is 3.68. The number of halogens is 1. The fourth-order valence-electron chi connectivity index (χ4n) is 2.99. The Morgan fingerprint density at radius 2 is 2.37 bits per heavy atom. The maximum Gasteiger partial charge on any atom is 0.127 e. The Labute approximate surface area is 123 Å². The summed E-state index contributed by atoms with van der Waals surface area (Å²) < 4.78 is 6.91. The van der Waals surface area contributed by atoms with E-state index in [0.29, 0.717) is 0 Å².